The van der Waals surface area contributed by atoms with Crippen molar-refractivity contribution in [2.75, 3.05) is 0 Å². The number of hydrogen-bond acceptors (Lipinski definition) is 2. The quantitative estimate of drug-likeness (QED) is 0.539. The van der Waals surface area contributed by atoms with Gasteiger partial charge in [-0.15, -0.1) is 0 Å². The van der Waals surface area contributed by atoms with Crippen molar-refractivity contribution in [1.29, 1.82) is 0 Å². The highest BCUT2D eigenvalue weighted by molar-refractivity contribution is 6.32. The molecular weight excluding hydrogens is 212 g/mol. The van der Waals surface area contributed by atoms with E-state index in [1.54, 1.807) is 12.1 Å². The van der Waals surface area contributed by atoms with Crippen LogP contribution in [-0.4, -0.2) is 12.1 Å². The molecule has 3 heteroatoms. The average Bonchev–Trinajstić information content (AvgIpc) is 2.49. The molecule has 0 saturated carbocycles. The summed E-state index contributed by atoms with van der Waals surface area (Å²) in [4.78, 5) is 11.4. The van der Waals surface area contributed by atoms with Crippen molar-refractivity contribution in [2.24, 2.45) is 0 Å². The molecule has 1 aromatic rings. The number of cyclic esters (lactones) is 1. The maximum atomic E-state index is 11.4. The van der Waals surface area contributed by atoms with Crippen molar-refractivity contribution in [3.63, 3.8) is 0 Å². The zero-order valence-electron chi connectivity index (χ0n) is 8.37. The molecule has 1 unspecified atom stereocenters. The minimum atomic E-state index is -0.234. The van der Waals surface area contributed by atoms with Crippen LogP contribution < -0.4 is 0 Å². The molecule has 2 rings (SSSR count). The summed E-state index contributed by atoms with van der Waals surface area (Å²) >= 11 is 5.99. The summed E-state index contributed by atoms with van der Waals surface area (Å²) in [6.07, 6.45) is 2.43. The Labute approximate surface area is 93.5 Å². The number of rotatable bonds is 1. The minimum Gasteiger partial charge on any atom is -0.459 e. The Kier molecular flexibility index (Phi) is 2.78. The van der Waals surface area contributed by atoms with Crippen LogP contribution in [0.15, 0.2) is 29.8 Å². The molecule has 15 heavy (non-hydrogen) atoms. The second kappa shape index (κ2) is 4.07. The van der Waals surface area contributed by atoms with Gasteiger partial charge in [-0.25, -0.2) is 4.79 Å². The summed E-state index contributed by atoms with van der Waals surface area (Å²) in [7, 11) is 0. The van der Waals surface area contributed by atoms with Gasteiger partial charge in [-0.3, -0.25) is 0 Å². The number of ether oxygens (including phenoxy) is 1. The second-order valence-corrected chi connectivity index (χ2v) is 4.02. The predicted molar refractivity (Wildman–Crippen MR) is 59.6 cm³/mol. The van der Waals surface area contributed by atoms with Crippen molar-refractivity contribution in [1.82, 2.24) is 0 Å². The predicted octanol–water partition coefficient (Wildman–Crippen LogP) is 3.06. The third-order valence-electron chi connectivity index (χ3n) is 2.31. The highest BCUT2D eigenvalue weighted by atomic mass is 35.5. The topological polar surface area (TPSA) is 26.3 Å². The maximum absolute atomic E-state index is 11.4. The van der Waals surface area contributed by atoms with E-state index in [0.717, 1.165) is 5.56 Å². The van der Waals surface area contributed by atoms with E-state index in [1.807, 2.05) is 25.1 Å². The first-order chi connectivity index (χ1) is 7.16. The average molecular weight is 223 g/mol. The number of carbonyl (C=O) groups is 1. The zero-order valence-corrected chi connectivity index (χ0v) is 9.12. The molecule has 1 fully saturated rings. The number of benzene rings is 1. The van der Waals surface area contributed by atoms with Gasteiger partial charge >= 0.3 is 5.97 Å². The Morgan fingerprint density at radius 3 is 2.80 bits per heavy atom. The number of esters is 1. The summed E-state index contributed by atoms with van der Waals surface area (Å²) in [5, 5.41) is 0.650. The monoisotopic (exact) mass is 222 g/mol. The second-order valence-electron chi connectivity index (χ2n) is 3.61. The third-order valence-corrected chi connectivity index (χ3v) is 2.66. The minimum absolute atomic E-state index is 0.0220. The summed E-state index contributed by atoms with van der Waals surface area (Å²) in [6.45, 7) is 1.88. The van der Waals surface area contributed by atoms with Crippen molar-refractivity contribution < 1.29 is 9.53 Å². The summed E-state index contributed by atoms with van der Waals surface area (Å²) < 4.78 is 5.04. The molecule has 0 amide bonds. The molecule has 1 heterocycles. The Bertz CT molecular complexity index is 423. The molecule has 0 aliphatic carbocycles. The van der Waals surface area contributed by atoms with E-state index < -0.39 is 0 Å². The Morgan fingerprint density at radius 2 is 2.20 bits per heavy atom. The lowest BCUT2D eigenvalue weighted by molar-refractivity contribution is -0.138. The molecule has 0 radical (unpaired) electrons. The van der Waals surface area contributed by atoms with Gasteiger partial charge in [-0.1, -0.05) is 29.8 Å². The van der Waals surface area contributed by atoms with Crippen LogP contribution in [0.4, 0.5) is 0 Å². The van der Waals surface area contributed by atoms with Crippen LogP contribution >= 0.6 is 11.6 Å². The first-order valence-corrected chi connectivity index (χ1v) is 5.20. The van der Waals surface area contributed by atoms with Gasteiger partial charge in [-0.05, 0) is 24.6 Å². The van der Waals surface area contributed by atoms with Crippen molar-refractivity contribution in [3.05, 3.63) is 40.4 Å². The summed E-state index contributed by atoms with van der Waals surface area (Å²) in [5.41, 5.74) is 1.55. The van der Waals surface area contributed by atoms with Gasteiger partial charge in [0.2, 0.25) is 0 Å². The van der Waals surface area contributed by atoms with Gasteiger partial charge < -0.3 is 4.74 Å². The fraction of sp³-hybridized carbons (Fsp3) is 0.250. The van der Waals surface area contributed by atoms with Gasteiger partial charge in [0.1, 0.15) is 6.10 Å². The lowest BCUT2D eigenvalue weighted by atomic mass is 10.1. The van der Waals surface area contributed by atoms with E-state index in [2.05, 4.69) is 0 Å². The molecule has 0 N–H and O–H groups in total. The first kappa shape index (κ1) is 10.2. The van der Waals surface area contributed by atoms with Gasteiger partial charge in [0, 0.05) is 17.0 Å². The van der Waals surface area contributed by atoms with Gasteiger partial charge in [0.25, 0.3) is 0 Å². The van der Waals surface area contributed by atoms with E-state index in [0.29, 0.717) is 17.0 Å². The van der Waals surface area contributed by atoms with Crippen LogP contribution in [0.1, 0.15) is 18.9 Å². The molecule has 0 spiro atoms. The van der Waals surface area contributed by atoms with E-state index in [1.165, 1.54) is 0 Å². The van der Waals surface area contributed by atoms with Crippen LogP contribution in [-0.2, 0) is 9.53 Å². The largest absolute Gasteiger partial charge is 0.459 e. The summed E-state index contributed by atoms with van der Waals surface area (Å²) in [5.74, 6) is -0.234. The number of carbonyl (C=O) groups excluding carboxylic acids is 1. The SMILES string of the molecule is CC1C/C(=C/c2ccccc2Cl)C(=O)O1. The molecule has 1 aromatic carbocycles. The van der Waals surface area contributed by atoms with Gasteiger partial charge in [0.05, 0.1) is 0 Å². The van der Waals surface area contributed by atoms with Crippen LogP contribution in [0, 0.1) is 0 Å². The maximum Gasteiger partial charge on any atom is 0.334 e. The normalized spacial score (nSPS) is 23.2. The molecule has 0 aromatic heterocycles. The van der Waals surface area contributed by atoms with E-state index in [9.17, 15) is 4.79 Å². The van der Waals surface area contributed by atoms with Crippen molar-refractivity contribution in [3.8, 4) is 0 Å². The van der Waals surface area contributed by atoms with Gasteiger partial charge in [0.15, 0.2) is 0 Å². The molecule has 1 saturated heterocycles. The van der Waals surface area contributed by atoms with E-state index in [-0.39, 0.29) is 12.1 Å². The number of halogens is 1. The smallest absolute Gasteiger partial charge is 0.334 e. The molecule has 2 nitrogen and oxygen atoms in total. The first-order valence-electron chi connectivity index (χ1n) is 4.83. The Balaban J connectivity index is 2.31. The lowest BCUT2D eigenvalue weighted by Crippen LogP contribution is -1.99. The van der Waals surface area contributed by atoms with Crippen LogP contribution in [0.2, 0.25) is 5.02 Å². The third kappa shape index (κ3) is 2.21. The number of hydrogen-bond donors (Lipinski definition) is 0. The highest BCUT2D eigenvalue weighted by Gasteiger charge is 2.25. The molecule has 78 valence electrons. The lowest BCUT2D eigenvalue weighted by Gasteiger charge is -1.97. The molecule has 1 atom stereocenters. The highest BCUT2D eigenvalue weighted by Crippen LogP contribution is 2.25. The van der Waals surface area contributed by atoms with E-state index >= 15 is 0 Å². The van der Waals surface area contributed by atoms with Crippen LogP contribution in [0.25, 0.3) is 6.08 Å². The molecule has 1 aliphatic heterocycles. The molecule has 0 bridgehead atoms. The summed E-state index contributed by atoms with van der Waals surface area (Å²) in [6, 6.07) is 7.44. The Hall–Kier alpha value is -1.28. The van der Waals surface area contributed by atoms with E-state index in [4.69, 9.17) is 16.3 Å². The van der Waals surface area contributed by atoms with Crippen LogP contribution in [0.5, 0.6) is 0 Å². The van der Waals surface area contributed by atoms with Crippen molar-refractivity contribution in [2.45, 2.75) is 19.4 Å². The molecular formula is C12H11ClO2. The van der Waals surface area contributed by atoms with Gasteiger partial charge in [-0.2, -0.15) is 0 Å². The van der Waals surface area contributed by atoms with Crippen LogP contribution in [0.3, 0.4) is 0 Å². The zero-order chi connectivity index (χ0) is 10.8. The van der Waals surface area contributed by atoms with Crippen molar-refractivity contribution >= 4 is 23.6 Å². The molecule has 1 aliphatic rings. The Morgan fingerprint density at radius 1 is 1.47 bits per heavy atom. The standard InChI is InChI=1S/C12H11ClO2/c1-8-6-10(12(14)15-8)7-9-4-2-3-5-11(9)13/h2-5,7-8H,6H2,1H3/b10-7-. The fourth-order valence-electron chi connectivity index (χ4n) is 1.59. The fourth-order valence-corrected chi connectivity index (χ4v) is 1.78.